The highest BCUT2D eigenvalue weighted by Crippen LogP contribution is 2.10. The van der Waals surface area contributed by atoms with Crippen molar-refractivity contribution in [3.63, 3.8) is 0 Å². The van der Waals surface area contributed by atoms with Gasteiger partial charge in [-0.15, -0.1) is 13.2 Å². The molecule has 0 bridgehead atoms. The molecule has 0 heterocycles. The predicted octanol–water partition coefficient (Wildman–Crippen LogP) is 1.10. The molecule has 0 radical (unpaired) electrons. The van der Waals surface area contributed by atoms with Gasteiger partial charge >= 0.3 is 5.97 Å². The average molecular weight is 399 g/mol. The second kappa shape index (κ2) is 16.9. The largest absolute Gasteiger partial charge is 0.464 e. The number of carbonyl (C=O) groups excluding carboxylic acids is 3. The number of hydrogen-bond acceptors (Lipinski definition) is 6. The summed E-state index contributed by atoms with van der Waals surface area (Å²) in [5.41, 5.74) is 0. The molecule has 0 unspecified atom stereocenters. The number of unbranched alkanes of at least 4 members (excludes halogenated alkanes) is 1. The molecule has 8 nitrogen and oxygen atoms in total. The van der Waals surface area contributed by atoms with E-state index in [0.717, 1.165) is 6.42 Å². The summed E-state index contributed by atoms with van der Waals surface area (Å²) in [6.45, 7) is 9.78. The van der Waals surface area contributed by atoms with Gasteiger partial charge in [0.15, 0.2) is 0 Å². The molecule has 2 atom stereocenters. The summed E-state index contributed by atoms with van der Waals surface area (Å²) in [6.07, 6.45) is 5.46. The quantitative estimate of drug-likeness (QED) is 0.192. The van der Waals surface area contributed by atoms with Crippen LogP contribution >= 0.6 is 0 Å². The van der Waals surface area contributed by atoms with Crippen LogP contribution in [0.2, 0.25) is 0 Å². The Balaban J connectivity index is 4.25. The number of ether oxygens (including phenoxy) is 2. The lowest BCUT2D eigenvalue weighted by molar-refractivity contribution is -0.145. The minimum Gasteiger partial charge on any atom is -0.464 e. The van der Waals surface area contributed by atoms with Crippen LogP contribution in [0.25, 0.3) is 0 Å². The minimum atomic E-state index is -0.554. The van der Waals surface area contributed by atoms with Gasteiger partial charge in [-0.3, -0.25) is 14.4 Å². The monoisotopic (exact) mass is 398 g/mol. The summed E-state index contributed by atoms with van der Waals surface area (Å²) in [4.78, 5) is 36.0. The van der Waals surface area contributed by atoms with E-state index in [1.54, 1.807) is 19.1 Å². The predicted molar refractivity (Wildman–Crippen MR) is 106 cm³/mol. The van der Waals surface area contributed by atoms with Crippen molar-refractivity contribution in [3.05, 3.63) is 25.3 Å². The van der Waals surface area contributed by atoms with Gasteiger partial charge in [-0.1, -0.05) is 12.2 Å². The van der Waals surface area contributed by atoms with Crippen molar-refractivity contribution < 1.29 is 29.0 Å². The molecule has 0 aromatic rings. The van der Waals surface area contributed by atoms with E-state index in [1.165, 1.54) is 0 Å². The Labute approximate surface area is 167 Å². The molecule has 8 heteroatoms. The van der Waals surface area contributed by atoms with Gasteiger partial charge in [-0.2, -0.15) is 0 Å². The van der Waals surface area contributed by atoms with E-state index in [0.29, 0.717) is 32.4 Å². The van der Waals surface area contributed by atoms with Crippen LogP contribution < -0.4 is 10.6 Å². The Kier molecular flexibility index (Phi) is 15.6. The van der Waals surface area contributed by atoms with E-state index in [1.807, 2.05) is 0 Å². The number of aliphatic hydroxyl groups is 1. The number of amides is 2. The van der Waals surface area contributed by atoms with Gasteiger partial charge in [0.25, 0.3) is 0 Å². The topological polar surface area (TPSA) is 114 Å². The highest BCUT2D eigenvalue weighted by molar-refractivity contribution is 5.86. The Hall–Kier alpha value is -2.19. The van der Waals surface area contributed by atoms with Gasteiger partial charge in [-0.25, -0.2) is 0 Å². The highest BCUT2D eigenvalue weighted by Gasteiger charge is 2.22. The van der Waals surface area contributed by atoms with Crippen molar-refractivity contribution in [2.45, 2.75) is 45.1 Å². The van der Waals surface area contributed by atoms with Crippen LogP contribution in [-0.4, -0.2) is 61.9 Å². The summed E-state index contributed by atoms with van der Waals surface area (Å²) >= 11 is 0. The minimum absolute atomic E-state index is 0.0198. The molecule has 3 N–H and O–H groups in total. The zero-order valence-corrected chi connectivity index (χ0v) is 16.8. The normalized spacial score (nSPS) is 12.5. The number of rotatable bonds is 17. The van der Waals surface area contributed by atoms with Crippen molar-refractivity contribution in [3.8, 4) is 0 Å². The molecule has 0 saturated carbocycles. The number of esters is 1. The van der Waals surface area contributed by atoms with Crippen LogP contribution in [0.5, 0.6) is 0 Å². The molecule has 2 amide bonds. The molecule has 0 aromatic heterocycles. The van der Waals surface area contributed by atoms with Crippen molar-refractivity contribution >= 4 is 17.8 Å². The van der Waals surface area contributed by atoms with Crippen LogP contribution in [-0.2, 0) is 23.9 Å². The first-order valence-corrected chi connectivity index (χ1v) is 9.57. The lowest BCUT2D eigenvalue weighted by atomic mass is 9.99. The highest BCUT2D eigenvalue weighted by atomic mass is 16.5. The molecular weight excluding hydrogens is 364 g/mol. The van der Waals surface area contributed by atoms with Crippen LogP contribution in [0, 0.1) is 5.92 Å². The first kappa shape index (κ1) is 25.8. The smallest absolute Gasteiger partial charge is 0.305 e. The number of nitrogens with one attached hydrogen (secondary N) is 2. The van der Waals surface area contributed by atoms with Gasteiger partial charge in [0, 0.05) is 19.4 Å². The fourth-order valence-corrected chi connectivity index (χ4v) is 2.29. The van der Waals surface area contributed by atoms with Crippen molar-refractivity contribution in [2.75, 3.05) is 33.0 Å². The average Bonchev–Trinajstić information content (AvgIpc) is 2.66. The molecule has 0 saturated heterocycles. The van der Waals surface area contributed by atoms with Gasteiger partial charge in [0.05, 0.1) is 31.8 Å². The number of allylic oxidation sites excluding steroid dienone is 2. The number of carbonyl (C=O) groups is 3. The van der Waals surface area contributed by atoms with Gasteiger partial charge in [0.1, 0.15) is 6.61 Å². The van der Waals surface area contributed by atoms with Crippen molar-refractivity contribution in [1.29, 1.82) is 0 Å². The molecule has 0 aliphatic rings. The summed E-state index contributed by atoms with van der Waals surface area (Å²) in [5, 5.41) is 14.0. The van der Waals surface area contributed by atoms with E-state index in [9.17, 15) is 14.4 Å². The second-order valence-electron chi connectivity index (χ2n) is 6.38. The second-order valence-corrected chi connectivity index (χ2v) is 6.38. The third-order valence-corrected chi connectivity index (χ3v) is 3.73. The lowest BCUT2D eigenvalue weighted by Crippen LogP contribution is -2.41. The maximum Gasteiger partial charge on any atom is 0.305 e. The standard InChI is InChI=1S/C20H34N2O6/c1-4-6-7-9-19(25)28-15-16(3)22-20(26)17(8-5-2)14-18(24)21-10-12-27-13-11-23/h4-5,16-17,23H,1-2,6-15H2,3H3,(H,21,24)(H,22,26)/t16-,17-/m0/s1. The maximum atomic E-state index is 12.4. The van der Waals surface area contributed by atoms with Crippen LogP contribution in [0.1, 0.15) is 39.0 Å². The lowest BCUT2D eigenvalue weighted by Gasteiger charge is -2.19. The van der Waals surface area contributed by atoms with Crippen molar-refractivity contribution in [1.82, 2.24) is 10.6 Å². The third kappa shape index (κ3) is 13.9. The summed E-state index contributed by atoms with van der Waals surface area (Å²) in [7, 11) is 0. The van der Waals surface area contributed by atoms with Gasteiger partial charge in [-0.05, 0) is 26.2 Å². The first-order chi connectivity index (χ1) is 13.4. The molecule has 160 valence electrons. The van der Waals surface area contributed by atoms with E-state index < -0.39 is 5.92 Å². The first-order valence-electron chi connectivity index (χ1n) is 9.57. The van der Waals surface area contributed by atoms with E-state index >= 15 is 0 Å². The van der Waals surface area contributed by atoms with E-state index in [4.69, 9.17) is 14.6 Å². The fraction of sp³-hybridized carbons (Fsp3) is 0.650. The summed E-state index contributed by atoms with van der Waals surface area (Å²) < 4.78 is 10.2. The molecule has 28 heavy (non-hydrogen) atoms. The Morgan fingerprint density at radius 2 is 1.93 bits per heavy atom. The Morgan fingerprint density at radius 1 is 1.18 bits per heavy atom. The molecule has 0 aliphatic carbocycles. The molecule has 0 spiro atoms. The zero-order valence-electron chi connectivity index (χ0n) is 16.8. The van der Waals surface area contributed by atoms with Crippen LogP contribution in [0.3, 0.4) is 0 Å². The maximum absolute atomic E-state index is 12.4. The SMILES string of the molecule is C=CCCCC(=O)OC[C@H](C)NC(=O)[C@@H](CC=C)CC(=O)NCCOCCO. The van der Waals surface area contributed by atoms with Crippen LogP contribution in [0.15, 0.2) is 25.3 Å². The third-order valence-electron chi connectivity index (χ3n) is 3.73. The van der Waals surface area contributed by atoms with Gasteiger partial charge < -0.3 is 25.2 Å². The van der Waals surface area contributed by atoms with Crippen LogP contribution in [0.4, 0.5) is 0 Å². The summed E-state index contributed by atoms with van der Waals surface area (Å²) in [5.74, 6) is -1.42. The number of aliphatic hydroxyl groups excluding tert-OH is 1. The van der Waals surface area contributed by atoms with Gasteiger partial charge in [0.2, 0.25) is 11.8 Å². The Morgan fingerprint density at radius 3 is 2.57 bits per heavy atom. The Bertz CT molecular complexity index is 495. The molecule has 0 aromatic carbocycles. The molecule has 0 fully saturated rings. The molecular formula is C20H34N2O6. The fourth-order valence-electron chi connectivity index (χ4n) is 2.29. The molecule has 0 aliphatic heterocycles. The van der Waals surface area contributed by atoms with E-state index in [-0.39, 0.29) is 50.1 Å². The summed E-state index contributed by atoms with van der Waals surface area (Å²) in [6, 6.07) is -0.363. The molecule has 0 rings (SSSR count). The van der Waals surface area contributed by atoms with E-state index in [2.05, 4.69) is 23.8 Å². The van der Waals surface area contributed by atoms with Crippen molar-refractivity contribution in [2.24, 2.45) is 5.92 Å². The zero-order chi connectivity index (χ0) is 21.2. The number of hydrogen-bond donors (Lipinski definition) is 3.